The van der Waals surface area contributed by atoms with Gasteiger partial charge in [-0.15, -0.1) is 0 Å². The lowest BCUT2D eigenvalue weighted by Crippen LogP contribution is -2.41. The molecule has 0 aliphatic carbocycles. The van der Waals surface area contributed by atoms with Crippen molar-refractivity contribution in [2.75, 3.05) is 32.6 Å². The molecule has 1 aliphatic rings. The van der Waals surface area contributed by atoms with Crippen LogP contribution in [0.5, 0.6) is 17.2 Å². The number of benzene rings is 1. The van der Waals surface area contributed by atoms with Gasteiger partial charge >= 0.3 is 0 Å². The van der Waals surface area contributed by atoms with Crippen molar-refractivity contribution in [3.05, 3.63) is 61.6 Å². The second kappa shape index (κ2) is 10.6. The molecule has 1 aliphatic heterocycles. The van der Waals surface area contributed by atoms with Crippen molar-refractivity contribution in [3.8, 4) is 28.7 Å². The maximum atomic E-state index is 11.9. The summed E-state index contributed by atoms with van der Waals surface area (Å²) in [5.41, 5.74) is 1.33. The summed E-state index contributed by atoms with van der Waals surface area (Å²) in [5, 5.41) is 4.01. The Balaban J connectivity index is 1.45. The molecular weight excluding hydrogens is 474 g/mol. The van der Waals surface area contributed by atoms with Crippen LogP contribution in [-0.4, -0.2) is 59.2 Å². The Bertz CT molecular complexity index is 1410. The largest absolute Gasteiger partial charge is 0.493 e. The topological polar surface area (TPSA) is 112 Å². The van der Waals surface area contributed by atoms with Gasteiger partial charge in [0, 0.05) is 37.4 Å². The summed E-state index contributed by atoms with van der Waals surface area (Å²) in [5.74, 6) is 3.28. The molecule has 0 radical (unpaired) electrons. The molecule has 1 amide bonds. The van der Waals surface area contributed by atoms with Crippen LogP contribution in [0.1, 0.15) is 12.8 Å². The van der Waals surface area contributed by atoms with Crippen molar-refractivity contribution in [3.63, 3.8) is 0 Å². The van der Waals surface area contributed by atoms with Crippen molar-refractivity contribution >= 4 is 28.4 Å². The zero-order valence-corrected chi connectivity index (χ0v) is 20.6. The standard InChI is InChI=1S/C27H27N5O5/c1-4-25(33)32-11-9-17(10-12-32)37-24-14-18-20(15-23(24)35-3)28-16-29-26(18)31-27-22(34-2)8-7-19(30-27)21-6-5-13-36-21/h4-8,13-17H,1,9-12H2,2-3H3,(H,28,29,30,31). The SMILES string of the molecule is C=CC(=O)N1CCC(Oc2cc3c(Nc4nc(-c5ccco5)ccc4OC)ncnc3cc2OC)CC1. The number of ether oxygens (including phenoxy) is 3. The molecule has 1 aromatic carbocycles. The van der Waals surface area contributed by atoms with Crippen LogP contribution in [0, 0.1) is 0 Å². The van der Waals surface area contributed by atoms with E-state index in [-0.39, 0.29) is 12.0 Å². The third-order valence-corrected chi connectivity index (χ3v) is 6.23. The van der Waals surface area contributed by atoms with E-state index in [4.69, 9.17) is 18.6 Å². The lowest BCUT2D eigenvalue weighted by molar-refractivity contribution is -0.127. The molecule has 4 aromatic rings. The Morgan fingerprint density at radius 1 is 1.08 bits per heavy atom. The van der Waals surface area contributed by atoms with Gasteiger partial charge in [0.05, 0.1) is 26.0 Å². The number of methoxy groups -OCH3 is 2. The molecule has 1 fully saturated rings. The molecular formula is C27H27N5O5. The van der Waals surface area contributed by atoms with Crippen molar-refractivity contribution in [2.24, 2.45) is 0 Å². The predicted octanol–water partition coefficient (Wildman–Crippen LogP) is 4.60. The summed E-state index contributed by atoms with van der Waals surface area (Å²) in [6, 6.07) is 11.0. The number of nitrogens with zero attached hydrogens (tertiary/aromatic N) is 4. The molecule has 10 nitrogen and oxygen atoms in total. The molecule has 0 bridgehead atoms. The Morgan fingerprint density at radius 2 is 1.89 bits per heavy atom. The molecule has 5 rings (SSSR count). The fourth-order valence-electron chi connectivity index (χ4n) is 4.29. The van der Waals surface area contributed by atoms with Gasteiger partial charge in [0.2, 0.25) is 5.91 Å². The highest BCUT2D eigenvalue weighted by atomic mass is 16.5. The van der Waals surface area contributed by atoms with Gasteiger partial charge in [-0.25, -0.2) is 15.0 Å². The highest BCUT2D eigenvalue weighted by Crippen LogP contribution is 2.37. The predicted molar refractivity (Wildman–Crippen MR) is 138 cm³/mol. The van der Waals surface area contributed by atoms with Gasteiger partial charge in [-0.1, -0.05) is 6.58 Å². The van der Waals surface area contributed by atoms with Crippen molar-refractivity contribution in [2.45, 2.75) is 18.9 Å². The minimum Gasteiger partial charge on any atom is -0.493 e. The van der Waals surface area contributed by atoms with Gasteiger partial charge in [-0.3, -0.25) is 4.79 Å². The van der Waals surface area contributed by atoms with Crippen LogP contribution >= 0.6 is 0 Å². The van der Waals surface area contributed by atoms with Gasteiger partial charge in [-0.2, -0.15) is 0 Å². The van der Waals surface area contributed by atoms with Crippen molar-refractivity contribution in [1.29, 1.82) is 0 Å². The highest BCUT2D eigenvalue weighted by Gasteiger charge is 2.24. The number of likely N-dealkylation sites (tertiary alicyclic amines) is 1. The van der Waals surface area contributed by atoms with Crippen LogP contribution in [0.25, 0.3) is 22.4 Å². The number of carbonyl (C=O) groups is 1. The maximum absolute atomic E-state index is 11.9. The van der Waals surface area contributed by atoms with Crippen LogP contribution < -0.4 is 19.5 Å². The number of aromatic nitrogens is 3. The summed E-state index contributed by atoms with van der Waals surface area (Å²) in [7, 11) is 3.17. The van der Waals surface area contributed by atoms with E-state index in [1.807, 2.05) is 36.4 Å². The lowest BCUT2D eigenvalue weighted by atomic mass is 10.1. The highest BCUT2D eigenvalue weighted by molar-refractivity contribution is 5.93. The van der Waals surface area contributed by atoms with E-state index >= 15 is 0 Å². The van der Waals surface area contributed by atoms with Gasteiger partial charge in [0.15, 0.2) is 28.8 Å². The first kappa shape index (κ1) is 24.1. The van der Waals surface area contributed by atoms with Crippen LogP contribution in [0.2, 0.25) is 0 Å². The number of carbonyl (C=O) groups excluding carboxylic acids is 1. The number of rotatable bonds is 8. The first-order valence-electron chi connectivity index (χ1n) is 11.9. The van der Waals surface area contributed by atoms with E-state index in [0.29, 0.717) is 71.8 Å². The first-order valence-corrected chi connectivity index (χ1v) is 11.9. The minimum absolute atomic E-state index is 0.0604. The summed E-state index contributed by atoms with van der Waals surface area (Å²) >= 11 is 0. The van der Waals surface area contributed by atoms with E-state index in [2.05, 4.69) is 26.8 Å². The zero-order chi connectivity index (χ0) is 25.8. The third-order valence-electron chi connectivity index (χ3n) is 6.23. The Labute approximate surface area is 213 Å². The molecule has 3 aromatic heterocycles. The molecule has 37 heavy (non-hydrogen) atoms. The van der Waals surface area contributed by atoms with Crippen LogP contribution in [0.3, 0.4) is 0 Å². The number of furan rings is 1. The Kier molecular flexibility index (Phi) is 6.89. The molecule has 1 N–H and O–H groups in total. The number of amides is 1. The van der Waals surface area contributed by atoms with Crippen LogP contribution in [-0.2, 0) is 4.79 Å². The quantitative estimate of drug-likeness (QED) is 0.346. The monoisotopic (exact) mass is 501 g/mol. The van der Waals surface area contributed by atoms with Crippen molar-refractivity contribution < 1.29 is 23.4 Å². The second-order valence-electron chi connectivity index (χ2n) is 8.44. The molecule has 0 atom stereocenters. The lowest BCUT2D eigenvalue weighted by Gasteiger charge is -2.31. The summed E-state index contributed by atoms with van der Waals surface area (Å²) in [6.45, 7) is 4.79. The Morgan fingerprint density at radius 3 is 2.59 bits per heavy atom. The molecule has 4 heterocycles. The van der Waals surface area contributed by atoms with E-state index < -0.39 is 0 Å². The van der Waals surface area contributed by atoms with E-state index in [1.54, 1.807) is 25.4 Å². The number of piperidine rings is 1. The molecule has 0 spiro atoms. The van der Waals surface area contributed by atoms with Crippen LogP contribution in [0.4, 0.5) is 11.6 Å². The maximum Gasteiger partial charge on any atom is 0.245 e. The summed E-state index contributed by atoms with van der Waals surface area (Å²) < 4.78 is 23.0. The molecule has 0 unspecified atom stereocenters. The number of hydrogen-bond donors (Lipinski definition) is 1. The van der Waals surface area contributed by atoms with E-state index in [9.17, 15) is 4.79 Å². The van der Waals surface area contributed by atoms with E-state index in [1.165, 1.54) is 12.4 Å². The average Bonchev–Trinajstić information content (AvgIpc) is 3.48. The van der Waals surface area contributed by atoms with Gasteiger partial charge in [0.1, 0.15) is 23.9 Å². The fourth-order valence-corrected chi connectivity index (χ4v) is 4.29. The molecule has 10 heteroatoms. The normalized spacial score (nSPS) is 13.8. The van der Waals surface area contributed by atoms with Gasteiger partial charge in [-0.05, 0) is 36.4 Å². The van der Waals surface area contributed by atoms with Crippen molar-refractivity contribution in [1.82, 2.24) is 19.9 Å². The zero-order valence-electron chi connectivity index (χ0n) is 20.6. The molecule has 1 saturated heterocycles. The second-order valence-corrected chi connectivity index (χ2v) is 8.44. The summed E-state index contributed by atoms with van der Waals surface area (Å²) in [6.07, 6.45) is 5.77. The smallest absolute Gasteiger partial charge is 0.245 e. The molecule has 0 saturated carbocycles. The number of pyridine rings is 1. The number of hydrogen-bond acceptors (Lipinski definition) is 9. The Hall–Kier alpha value is -4.60. The number of nitrogens with one attached hydrogen (secondary N) is 1. The number of fused-ring (bicyclic) bond motifs is 1. The number of anilines is 2. The van der Waals surface area contributed by atoms with Gasteiger partial charge < -0.3 is 28.8 Å². The summed E-state index contributed by atoms with van der Waals surface area (Å²) in [4.78, 5) is 27.2. The van der Waals surface area contributed by atoms with E-state index in [0.717, 1.165) is 5.39 Å². The third kappa shape index (κ3) is 5.04. The first-order chi connectivity index (χ1) is 18.1. The average molecular weight is 502 g/mol. The fraction of sp³-hybridized carbons (Fsp3) is 0.259. The molecule has 190 valence electrons. The van der Waals surface area contributed by atoms with Crippen LogP contribution in [0.15, 0.2) is 66.1 Å². The van der Waals surface area contributed by atoms with Gasteiger partial charge in [0.25, 0.3) is 0 Å². The minimum atomic E-state index is -0.0620.